The van der Waals surface area contributed by atoms with Gasteiger partial charge in [-0.05, 0) is 262 Å². The Bertz CT molecular complexity index is 7900. The smallest absolute Gasteiger partial charge is 0.220 e. The fraction of sp³-hybridized carbons (Fsp3) is 0.161. The SMILES string of the molecule is [2H]c1c(C)[n+](C)c(-c2cc3c(cc2C)-c2ccccc2C3(C)C)c2ccc(-c3cccnc3)cc12.[2H]c1c(C)[n+](C)c(-c2cc3c(cc2C)c2ccccc2n3C(C)C)c2ccc(-c3cccnc3)cc12.[2H]c1c(C)[n+](C)c(-c2cc3sccc3cc2C)c2ccc(-c3cccnc3)cc12.[2H]c1cc([2H])c(C)c(-c2c3ccc(-c4cccnc4)cc3c([2H])c(C)[n+]2C)c1. The molecule has 0 aliphatic heterocycles. The van der Waals surface area contributed by atoms with Gasteiger partial charge >= 0.3 is 0 Å². The molecule has 10 heterocycles. The van der Waals surface area contributed by atoms with Gasteiger partial charge in [-0.2, -0.15) is 18.3 Å². The predicted molar refractivity (Wildman–Crippen MR) is 509 cm³/mol. The number of aromatic nitrogens is 9. The highest BCUT2D eigenvalue weighted by atomic mass is 32.1. The minimum atomic E-state index is -0.0549. The van der Waals surface area contributed by atoms with Crippen LogP contribution in [0, 0.1) is 55.4 Å². The molecule has 9 nitrogen and oxygen atoms in total. The molecule has 21 rings (SSSR count). The number of benzene rings is 10. The summed E-state index contributed by atoms with van der Waals surface area (Å²) in [5, 5.41) is 14.0. The molecule has 0 N–H and O–H groups in total. The van der Waals surface area contributed by atoms with E-state index in [2.05, 4.69) is 277 Å². The van der Waals surface area contributed by atoms with Crippen LogP contribution in [0.25, 0.3) is 176 Å². The van der Waals surface area contributed by atoms with Gasteiger partial charge in [0.2, 0.25) is 22.8 Å². The second kappa shape index (κ2) is 32.4. The van der Waals surface area contributed by atoms with Crippen LogP contribution in [0.3, 0.4) is 0 Å². The van der Waals surface area contributed by atoms with Crippen LogP contribution in [0.5, 0.6) is 0 Å². The standard InChI is InChI=1S/C32H30N3.C32H29N2.C25H21N2S.C23H21N2/c1-20(2)35-30-11-7-6-10-27(30)29-15-21(3)28(18-31(29)35)32-26-13-12-23(24-9-8-14-33-19-24)17-25(26)16-22(4)34(32)5;1-20-15-28-26-10-6-7-11-29(26)32(3,4)30(28)18-27(20)31-25-13-12-22(23-9-8-14-33-19-23)17-24(25)16-21(2)34(31)5;1-16-11-19-8-10-28-24(19)14-23(16)25-22-7-6-18(20-5-4-9-26-15-20)13-21(22)12-17(2)27(25)3;1-16-7-4-5-9-21(16)23-22-11-10-18(19-8-6-12-24-15-19)14-20(22)13-17(2)25(23)3/h6-20H,1-5H3;6-19H,1-5H3;4-15H,1-3H3;4-15H,1-3H3/q4*+1/i2*16D;12D;5D,7D,13D. The van der Waals surface area contributed by atoms with Crippen LogP contribution in [0.2, 0.25) is 0 Å². The van der Waals surface area contributed by atoms with Crippen molar-refractivity contribution in [3.63, 3.8) is 0 Å². The van der Waals surface area contributed by atoms with Gasteiger partial charge in [0.25, 0.3) is 0 Å². The number of nitrogens with zero attached hydrogens (tertiary/aromatic N) is 9. The molecular weight excluding hydrogens is 1500 g/mol. The zero-order valence-corrected chi connectivity index (χ0v) is 72.9. The van der Waals surface area contributed by atoms with Crippen molar-refractivity contribution in [2.24, 2.45) is 28.2 Å². The fourth-order valence-corrected chi connectivity index (χ4v) is 19.1. The Morgan fingerprint density at radius 2 is 0.746 bits per heavy atom. The van der Waals surface area contributed by atoms with E-state index in [0.29, 0.717) is 42.3 Å². The average molecular weight is 1610 g/mol. The van der Waals surface area contributed by atoms with Crippen molar-refractivity contribution in [2.45, 2.75) is 94.5 Å². The Labute approximate surface area is 728 Å². The lowest BCUT2D eigenvalue weighted by Crippen LogP contribution is -2.35. The first-order chi connectivity index (χ1) is 61.6. The van der Waals surface area contributed by atoms with Crippen molar-refractivity contribution in [2.75, 3.05) is 0 Å². The number of thiophene rings is 1. The van der Waals surface area contributed by atoms with E-state index in [1.807, 2.05) is 120 Å². The molecule has 10 aromatic carbocycles. The quantitative estimate of drug-likeness (QED) is 0.135. The number of hydrogen-bond donors (Lipinski definition) is 0. The van der Waals surface area contributed by atoms with Gasteiger partial charge in [0, 0.05) is 162 Å². The molecule has 0 spiro atoms. The monoisotopic (exact) mass is 1610 g/mol. The van der Waals surface area contributed by atoms with E-state index < -0.39 is 0 Å². The molecule has 596 valence electrons. The summed E-state index contributed by atoms with van der Waals surface area (Å²) in [7, 11) is 8.18. The first-order valence-corrected chi connectivity index (χ1v) is 42.6. The maximum Gasteiger partial charge on any atom is 0.220 e. The van der Waals surface area contributed by atoms with Gasteiger partial charge in [0.1, 0.15) is 28.2 Å². The molecule has 0 radical (unpaired) electrons. The van der Waals surface area contributed by atoms with E-state index in [9.17, 15) is 0 Å². The van der Waals surface area contributed by atoms with Gasteiger partial charge in [0.05, 0.1) is 52.0 Å². The van der Waals surface area contributed by atoms with E-state index in [1.54, 1.807) is 48.3 Å². The maximum atomic E-state index is 8.96. The first-order valence-electron chi connectivity index (χ1n) is 44.8. The molecule has 1 aliphatic rings. The number of para-hydroxylation sites is 1. The van der Waals surface area contributed by atoms with Crippen LogP contribution in [0.1, 0.15) is 98.1 Å². The molecule has 0 saturated heterocycles. The van der Waals surface area contributed by atoms with E-state index >= 15 is 0 Å². The van der Waals surface area contributed by atoms with Crippen LogP contribution in [-0.4, -0.2) is 24.5 Å². The molecule has 20 aromatic rings. The van der Waals surface area contributed by atoms with Crippen LogP contribution in [-0.2, 0) is 33.6 Å². The summed E-state index contributed by atoms with van der Waals surface area (Å²) in [6.07, 6.45) is 14.6. The Kier molecular flexibility index (Phi) is 19.2. The summed E-state index contributed by atoms with van der Waals surface area (Å²) in [6, 6.07) is 81.7. The Balaban J connectivity index is 0.000000116. The van der Waals surface area contributed by atoms with E-state index in [4.69, 9.17) is 8.22 Å². The van der Waals surface area contributed by atoms with Crippen molar-refractivity contribution in [1.82, 2.24) is 24.5 Å². The minimum Gasteiger partial charge on any atom is -0.338 e. The highest BCUT2D eigenvalue weighted by molar-refractivity contribution is 7.17. The third-order valence-corrected chi connectivity index (χ3v) is 25.9. The van der Waals surface area contributed by atoms with Crippen LogP contribution >= 0.6 is 11.3 Å². The number of pyridine rings is 8. The number of fused-ring (bicyclic) bond motifs is 11. The Morgan fingerprint density at radius 1 is 0.328 bits per heavy atom. The average Bonchev–Trinajstić information content (AvgIpc) is 1.53. The fourth-order valence-electron chi connectivity index (χ4n) is 18.2. The number of rotatable bonds is 9. The van der Waals surface area contributed by atoms with E-state index in [-0.39, 0.29) is 5.41 Å². The van der Waals surface area contributed by atoms with Crippen molar-refractivity contribution in [3.8, 4) is 101 Å². The van der Waals surface area contributed by atoms with Gasteiger partial charge in [-0.15, -0.1) is 11.3 Å². The Hall–Kier alpha value is -13.8. The largest absolute Gasteiger partial charge is 0.338 e. The molecule has 10 aromatic heterocycles. The van der Waals surface area contributed by atoms with Crippen LogP contribution in [0.15, 0.2) is 316 Å². The van der Waals surface area contributed by atoms with Gasteiger partial charge in [0.15, 0.2) is 22.8 Å². The van der Waals surface area contributed by atoms with Crippen LogP contribution < -0.4 is 18.3 Å². The zero-order chi connectivity index (χ0) is 89.7. The predicted octanol–water partition coefficient (Wildman–Crippen LogP) is 26.3. The second-order valence-electron chi connectivity index (χ2n) is 33.3. The molecule has 0 bridgehead atoms. The maximum absolute atomic E-state index is 8.96. The normalized spacial score (nSPS) is 12.8. The molecule has 10 heteroatoms. The highest BCUT2D eigenvalue weighted by Gasteiger charge is 2.37. The number of hydrogen-bond acceptors (Lipinski definition) is 5. The van der Waals surface area contributed by atoms with Crippen molar-refractivity contribution < 1.29 is 26.5 Å². The lowest BCUT2D eigenvalue weighted by atomic mass is 9.81. The number of aryl methyl sites for hydroxylation is 3. The third-order valence-electron chi connectivity index (χ3n) is 25.0. The molecule has 0 fully saturated rings. The molecule has 0 saturated carbocycles. The van der Waals surface area contributed by atoms with Crippen molar-refractivity contribution >= 4 is 86.3 Å². The van der Waals surface area contributed by atoms with Crippen molar-refractivity contribution in [1.29, 1.82) is 0 Å². The summed E-state index contributed by atoms with van der Waals surface area (Å²) in [6.45, 7) is 25.7. The molecule has 0 atom stereocenters. The topological polar surface area (TPSA) is 72.0 Å². The van der Waals surface area contributed by atoms with Crippen molar-refractivity contribution in [3.05, 3.63) is 372 Å². The third kappa shape index (κ3) is 14.4. The minimum absolute atomic E-state index is 0.0549. The molecule has 122 heavy (non-hydrogen) atoms. The summed E-state index contributed by atoms with van der Waals surface area (Å²) in [5.74, 6) is 0. The van der Waals surface area contributed by atoms with E-state index in [0.717, 1.165) is 133 Å². The van der Waals surface area contributed by atoms with Gasteiger partial charge in [-0.1, -0.05) is 129 Å². The lowest BCUT2D eigenvalue weighted by molar-refractivity contribution is -0.665. The van der Waals surface area contributed by atoms with Gasteiger partial charge in [-0.3, -0.25) is 19.9 Å². The van der Waals surface area contributed by atoms with Crippen LogP contribution in [0.4, 0.5) is 0 Å². The molecular formula is C112H101N9S+4. The molecule has 0 amide bonds. The molecule has 1 aliphatic carbocycles. The first kappa shape index (κ1) is 72.2. The highest BCUT2D eigenvalue weighted by Crippen LogP contribution is 2.51. The van der Waals surface area contributed by atoms with Gasteiger partial charge in [-0.25, -0.2) is 0 Å². The van der Waals surface area contributed by atoms with E-state index in [1.165, 1.54) is 98.9 Å². The lowest BCUT2D eigenvalue weighted by Gasteiger charge is -2.22. The Morgan fingerprint density at radius 3 is 1.20 bits per heavy atom. The summed E-state index contributed by atoms with van der Waals surface area (Å²) >= 11 is 1.77. The summed E-state index contributed by atoms with van der Waals surface area (Å²) in [5.41, 5.74) is 33.6. The summed E-state index contributed by atoms with van der Waals surface area (Å²) in [4.78, 5) is 17.0. The summed E-state index contributed by atoms with van der Waals surface area (Å²) < 4.78 is 63.9. The second-order valence-corrected chi connectivity index (χ2v) is 34.2. The molecule has 0 unspecified atom stereocenters. The zero-order valence-electron chi connectivity index (χ0n) is 78.1. The van der Waals surface area contributed by atoms with Gasteiger partial charge < -0.3 is 4.57 Å².